The molecule has 0 spiro atoms. The number of benzene rings is 2. The van der Waals surface area contributed by atoms with Gasteiger partial charge < -0.3 is 10.1 Å². The lowest BCUT2D eigenvalue weighted by Gasteiger charge is -2.21. The predicted molar refractivity (Wildman–Crippen MR) is 87.5 cm³/mol. The first-order valence-corrected chi connectivity index (χ1v) is 7.44. The van der Waals surface area contributed by atoms with Gasteiger partial charge in [-0.05, 0) is 44.2 Å². The monoisotopic (exact) mass is 333 g/mol. The molecule has 0 aliphatic carbocycles. The number of halogens is 1. The molecule has 2 nitrogen and oxygen atoms in total. The average molecular weight is 334 g/mol. The molecule has 1 unspecified atom stereocenters. The molecule has 0 aliphatic rings. The number of methoxy groups -OCH3 is 1. The summed E-state index contributed by atoms with van der Waals surface area (Å²) in [6.45, 7) is 4.19. The van der Waals surface area contributed by atoms with Crippen molar-refractivity contribution in [3.05, 3.63) is 63.1 Å². The normalized spacial score (nSPS) is 12.2. The Kier molecular flexibility index (Phi) is 4.84. The SMILES string of the molecule is CNC(c1ccc(C)c(Br)c1)c1cc(C)ccc1OC. The highest BCUT2D eigenvalue weighted by atomic mass is 79.9. The first kappa shape index (κ1) is 15.1. The molecule has 0 fully saturated rings. The van der Waals surface area contributed by atoms with Crippen LogP contribution >= 0.6 is 15.9 Å². The van der Waals surface area contributed by atoms with Crippen LogP contribution in [0.1, 0.15) is 28.3 Å². The lowest BCUT2D eigenvalue weighted by molar-refractivity contribution is 0.405. The van der Waals surface area contributed by atoms with Gasteiger partial charge in [-0.2, -0.15) is 0 Å². The smallest absolute Gasteiger partial charge is 0.123 e. The van der Waals surface area contributed by atoms with Gasteiger partial charge in [0.25, 0.3) is 0 Å². The molecule has 0 radical (unpaired) electrons. The largest absolute Gasteiger partial charge is 0.496 e. The Hall–Kier alpha value is -1.32. The van der Waals surface area contributed by atoms with Crippen LogP contribution in [0.3, 0.4) is 0 Å². The van der Waals surface area contributed by atoms with E-state index in [1.54, 1.807) is 7.11 Å². The Morgan fingerprint density at radius 1 is 1.10 bits per heavy atom. The molecule has 0 aromatic heterocycles. The molecular formula is C17H20BrNO. The number of ether oxygens (including phenoxy) is 1. The van der Waals surface area contributed by atoms with Gasteiger partial charge in [-0.15, -0.1) is 0 Å². The van der Waals surface area contributed by atoms with Crippen molar-refractivity contribution in [2.24, 2.45) is 0 Å². The van der Waals surface area contributed by atoms with Crippen LogP contribution in [0.5, 0.6) is 5.75 Å². The zero-order valence-electron chi connectivity index (χ0n) is 12.3. The van der Waals surface area contributed by atoms with Crippen LogP contribution in [0.15, 0.2) is 40.9 Å². The average Bonchev–Trinajstić information content (AvgIpc) is 2.44. The minimum atomic E-state index is 0.113. The second kappa shape index (κ2) is 6.42. The van der Waals surface area contributed by atoms with E-state index in [1.807, 2.05) is 13.1 Å². The quantitative estimate of drug-likeness (QED) is 0.896. The first-order valence-electron chi connectivity index (χ1n) is 6.64. The zero-order chi connectivity index (χ0) is 14.7. The molecule has 1 N–H and O–H groups in total. The molecule has 2 rings (SSSR count). The molecule has 106 valence electrons. The van der Waals surface area contributed by atoms with Gasteiger partial charge in [0.2, 0.25) is 0 Å². The second-order valence-electron chi connectivity index (χ2n) is 4.98. The fraction of sp³-hybridized carbons (Fsp3) is 0.294. The van der Waals surface area contributed by atoms with Crippen molar-refractivity contribution in [3.8, 4) is 5.75 Å². The summed E-state index contributed by atoms with van der Waals surface area (Å²) in [6.07, 6.45) is 0. The molecule has 0 bridgehead atoms. The van der Waals surface area contributed by atoms with Gasteiger partial charge in [0.1, 0.15) is 5.75 Å². The van der Waals surface area contributed by atoms with E-state index in [9.17, 15) is 0 Å². The highest BCUT2D eigenvalue weighted by Gasteiger charge is 2.17. The van der Waals surface area contributed by atoms with Gasteiger partial charge in [0, 0.05) is 10.0 Å². The summed E-state index contributed by atoms with van der Waals surface area (Å²) in [4.78, 5) is 0. The molecule has 0 amide bonds. The van der Waals surface area contributed by atoms with Crippen molar-refractivity contribution in [2.45, 2.75) is 19.9 Å². The molecule has 0 heterocycles. The molecule has 3 heteroatoms. The number of aryl methyl sites for hydroxylation is 2. The fourth-order valence-electron chi connectivity index (χ4n) is 2.37. The van der Waals surface area contributed by atoms with Crippen LogP contribution in [0.2, 0.25) is 0 Å². The van der Waals surface area contributed by atoms with Crippen molar-refractivity contribution < 1.29 is 4.74 Å². The second-order valence-corrected chi connectivity index (χ2v) is 5.83. The summed E-state index contributed by atoms with van der Waals surface area (Å²) in [5, 5.41) is 3.38. The topological polar surface area (TPSA) is 21.3 Å². The van der Waals surface area contributed by atoms with Gasteiger partial charge in [0.05, 0.1) is 13.2 Å². The summed E-state index contributed by atoms with van der Waals surface area (Å²) in [5.41, 5.74) is 4.84. The summed E-state index contributed by atoms with van der Waals surface area (Å²) >= 11 is 3.61. The van der Waals surface area contributed by atoms with Crippen molar-refractivity contribution in [1.29, 1.82) is 0 Å². The maximum atomic E-state index is 5.51. The predicted octanol–water partition coefficient (Wildman–Crippen LogP) is 4.38. The van der Waals surface area contributed by atoms with Crippen LogP contribution in [-0.2, 0) is 0 Å². The molecule has 1 atom stereocenters. The fourth-order valence-corrected chi connectivity index (χ4v) is 2.77. The molecule has 2 aromatic carbocycles. The van der Waals surface area contributed by atoms with E-state index in [4.69, 9.17) is 4.74 Å². The summed E-state index contributed by atoms with van der Waals surface area (Å²) in [7, 11) is 3.69. The lowest BCUT2D eigenvalue weighted by Crippen LogP contribution is -2.18. The van der Waals surface area contributed by atoms with Crippen molar-refractivity contribution in [2.75, 3.05) is 14.2 Å². The van der Waals surface area contributed by atoms with Gasteiger partial charge in [-0.1, -0.05) is 45.8 Å². The van der Waals surface area contributed by atoms with Crippen LogP contribution in [0.4, 0.5) is 0 Å². The zero-order valence-corrected chi connectivity index (χ0v) is 13.9. The Bertz CT molecular complexity index is 610. The first-order chi connectivity index (χ1) is 9.56. The van der Waals surface area contributed by atoms with Crippen LogP contribution in [0.25, 0.3) is 0 Å². The molecule has 20 heavy (non-hydrogen) atoms. The number of nitrogens with one attached hydrogen (secondary N) is 1. The highest BCUT2D eigenvalue weighted by Crippen LogP contribution is 2.32. The van der Waals surface area contributed by atoms with E-state index in [2.05, 4.69) is 65.4 Å². The summed E-state index contributed by atoms with van der Waals surface area (Å²) in [6, 6.07) is 12.8. The molecular weight excluding hydrogens is 314 g/mol. The van der Waals surface area contributed by atoms with Gasteiger partial charge >= 0.3 is 0 Å². The van der Waals surface area contributed by atoms with Gasteiger partial charge in [-0.25, -0.2) is 0 Å². The highest BCUT2D eigenvalue weighted by molar-refractivity contribution is 9.10. The minimum Gasteiger partial charge on any atom is -0.496 e. The van der Waals surface area contributed by atoms with E-state index < -0.39 is 0 Å². The minimum absolute atomic E-state index is 0.113. The third-order valence-electron chi connectivity index (χ3n) is 3.51. The van der Waals surface area contributed by atoms with Crippen molar-refractivity contribution in [1.82, 2.24) is 5.32 Å². The maximum absolute atomic E-state index is 5.51. The molecule has 0 aliphatic heterocycles. The summed E-state index contributed by atoms with van der Waals surface area (Å²) < 4.78 is 6.63. The third kappa shape index (κ3) is 3.05. The molecule has 2 aromatic rings. The van der Waals surface area contributed by atoms with Crippen LogP contribution in [-0.4, -0.2) is 14.2 Å². The molecule has 0 saturated carbocycles. The van der Waals surface area contributed by atoms with Gasteiger partial charge in [0.15, 0.2) is 0 Å². The van der Waals surface area contributed by atoms with E-state index in [-0.39, 0.29) is 6.04 Å². The lowest BCUT2D eigenvalue weighted by atomic mass is 9.96. The van der Waals surface area contributed by atoms with Crippen LogP contribution < -0.4 is 10.1 Å². The number of rotatable bonds is 4. The Balaban J connectivity index is 2.51. The van der Waals surface area contributed by atoms with Crippen LogP contribution in [0, 0.1) is 13.8 Å². The van der Waals surface area contributed by atoms with Crippen molar-refractivity contribution in [3.63, 3.8) is 0 Å². The molecule has 0 saturated heterocycles. The van der Waals surface area contributed by atoms with E-state index in [0.717, 1.165) is 15.8 Å². The summed E-state index contributed by atoms with van der Waals surface area (Å²) in [5.74, 6) is 0.909. The number of hydrogen-bond acceptors (Lipinski definition) is 2. The third-order valence-corrected chi connectivity index (χ3v) is 4.37. The number of hydrogen-bond donors (Lipinski definition) is 1. The van der Waals surface area contributed by atoms with E-state index in [0.29, 0.717) is 0 Å². The Labute approximate surface area is 129 Å². The maximum Gasteiger partial charge on any atom is 0.123 e. The van der Waals surface area contributed by atoms with Crippen molar-refractivity contribution >= 4 is 15.9 Å². The van der Waals surface area contributed by atoms with E-state index >= 15 is 0 Å². The van der Waals surface area contributed by atoms with Gasteiger partial charge in [-0.3, -0.25) is 0 Å². The Morgan fingerprint density at radius 3 is 2.45 bits per heavy atom. The van der Waals surface area contributed by atoms with E-state index in [1.165, 1.54) is 16.7 Å². The Morgan fingerprint density at radius 2 is 1.85 bits per heavy atom. The standard InChI is InChI=1S/C17H20BrNO/c1-11-5-8-16(20-4)14(9-11)17(19-3)13-7-6-12(2)15(18)10-13/h5-10,17,19H,1-4H3.